The third-order valence-corrected chi connectivity index (χ3v) is 5.28. The van der Waals surface area contributed by atoms with E-state index in [-0.39, 0.29) is 0 Å². The molecule has 1 saturated carbocycles. The number of aromatic nitrogens is 5. The van der Waals surface area contributed by atoms with E-state index in [9.17, 15) is 0 Å². The molecule has 0 unspecified atom stereocenters. The first kappa shape index (κ1) is 16.9. The Morgan fingerprint density at radius 3 is 2.82 bits per heavy atom. The summed E-state index contributed by atoms with van der Waals surface area (Å²) in [5.41, 5.74) is 3.86. The van der Waals surface area contributed by atoms with Crippen LogP contribution in [0.4, 0.5) is 5.95 Å². The molecular weight excluding hydrogens is 356 g/mol. The van der Waals surface area contributed by atoms with Crippen molar-refractivity contribution in [1.82, 2.24) is 24.6 Å². The second-order valence-corrected chi connectivity index (χ2v) is 6.93. The van der Waals surface area contributed by atoms with E-state index in [2.05, 4.69) is 25.4 Å². The first-order valence-corrected chi connectivity index (χ1v) is 9.18. The lowest BCUT2D eigenvalue weighted by Gasteiger charge is -2.34. The molecule has 0 spiro atoms. The van der Waals surface area contributed by atoms with Crippen molar-refractivity contribution < 1.29 is 9.47 Å². The summed E-state index contributed by atoms with van der Waals surface area (Å²) in [5.74, 6) is 1.19. The van der Waals surface area contributed by atoms with Crippen molar-refractivity contribution in [2.24, 2.45) is 0 Å². The Morgan fingerprint density at radius 1 is 1.11 bits per heavy atom. The molecule has 1 aliphatic rings. The van der Waals surface area contributed by atoms with Crippen LogP contribution < -0.4 is 10.1 Å². The molecule has 1 aromatic carbocycles. The molecule has 142 valence electrons. The number of nitrogens with one attached hydrogen (secondary N) is 1. The molecule has 28 heavy (non-hydrogen) atoms. The van der Waals surface area contributed by atoms with Gasteiger partial charge in [0.1, 0.15) is 6.33 Å². The number of hydrogen-bond donors (Lipinski definition) is 1. The minimum atomic E-state index is 0.341. The highest BCUT2D eigenvalue weighted by Gasteiger charge is 2.29. The van der Waals surface area contributed by atoms with Gasteiger partial charge in [0.15, 0.2) is 0 Å². The van der Waals surface area contributed by atoms with E-state index < -0.39 is 0 Å². The number of methoxy groups -OCH3 is 2. The van der Waals surface area contributed by atoms with Gasteiger partial charge in [-0.3, -0.25) is 0 Å². The zero-order valence-corrected chi connectivity index (χ0v) is 15.7. The van der Waals surface area contributed by atoms with Crippen LogP contribution in [0.3, 0.4) is 0 Å². The van der Waals surface area contributed by atoms with Crippen LogP contribution in [0.1, 0.15) is 12.8 Å². The van der Waals surface area contributed by atoms with Crippen LogP contribution in [-0.2, 0) is 4.74 Å². The summed E-state index contributed by atoms with van der Waals surface area (Å²) >= 11 is 0. The lowest BCUT2D eigenvalue weighted by atomic mass is 9.89. The van der Waals surface area contributed by atoms with Crippen LogP contribution in [0.5, 0.6) is 5.88 Å². The molecule has 0 radical (unpaired) electrons. The third-order valence-electron chi connectivity index (χ3n) is 5.28. The summed E-state index contributed by atoms with van der Waals surface area (Å²) in [4.78, 5) is 13.0. The summed E-state index contributed by atoms with van der Waals surface area (Å²) in [7, 11) is 3.36. The molecule has 0 bridgehead atoms. The number of benzene rings is 1. The van der Waals surface area contributed by atoms with E-state index in [1.807, 2.05) is 41.2 Å². The van der Waals surface area contributed by atoms with Gasteiger partial charge in [-0.2, -0.15) is 0 Å². The smallest absolute Gasteiger partial charge is 0.241 e. The molecule has 1 aliphatic carbocycles. The fourth-order valence-electron chi connectivity index (χ4n) is 3.63. The average molecular weight is 376 g/mol. The second kappa shape index (κ2) is 6.72. The third kappa shape index (κ3) is 2.82. The second-order valence-electron chi connectivity index (χ2n) is 6.93. The average Bonchev–Trinajstić information content (AvgIpc) is 3.12. The van der Waals surface area contributed by atoms with Crippen molar-refractivity contribution in [2.75, 3.05) is 19.5 Å². The number of nitrogens with zero attached hydrogens (tertiary/aromatic N) is 5. The van der Waals surface area contributed by atoms with Gasteiger partial charge in [-0.05, 0) is 36.6 Å². The van der Waals surface area contributed by atoms with Crippen LogP contribution in [-0.4, -0.2) is 50.9 Å². The Hall–Kier alpha value is -3.26. The largest absolute Gasteiger partial charge is 0.480 e. The van der Waals surface area contributed by atoms with E-state index in [4.69, 9.17) is 9.47 Å². The SMILES string of the molecule is COc1ncnc2ccc(-c3ccn4nc(N[C@H]5C[C@H](OC)C5)ncc34)cc12. The highest BCUT2D eigenvalue weighted by atomic mass is 16.5. The maximum atomic E-state index is 5.37. The van der Waals surface area contributed by atoms with Crippen molar-refractivity contribution in [3.05, 3.63) is 43.0 Å². The number of hydrogen-bond acceptors (Lipinski definition) is 7. The van der Waals surface area contributed by atoms with Gasteiger partial charge >= 0.3 is 0 Å². The fourth-order valence-corrected chi connectivity index (χ4v) is 3.63. The minimum absolute atomic E-state index is 0.341. The normalized spacial score (nSPS) is 18.9. The Balaban J connectivity index is 1.47. The lowest BCUT2D eigenvalue weighted by molar-refractivity contribution is 0.0326. The standard InChI is InChI=1S/C20H20N6O2/c1-27-14-8-13(9-14)24-20-21-10-18-15(5-6-26(18)25-20)12-3-4-17-16(7-12)19(28-2)23-11-22-17/h3-7,10-11,13-14H,8-9H2,1-2H3,(H,24,25)/t13-,14-. The van der Waals surface area contributed by atoms with Gasteiger partial charge in [0.25, 0.3) is 0 Å². The first-order chi connectivity index (χ1) is 13.7. The molecule has 0 amide bonds. The van der Waals surface area contributed by atoms with Gasteiger partial charge in [-0.15, -0.1) is 5.10 Å². The molecule has 0 aliphatic heterocycles. The molecule has 0 saturated heterocycles. The van der Waals surface area contributed by atoms with Crippen LogP contribution in [0.25, 0.3) is 27.5 Å². The highest BCUT2D eigenvalue weighted by molar-refractivity contribution is 5.91. The fraction of sp³-hybridized carbons (Fsp3) is 0.300. The number of ether oxygens (including phenoxy) is 2. The number of rotatable bonds is 5. The van der Waals surface area contributed by atoms with Crippen molar-refractivity contribution in [3.8, 4) is 17.0 Å². The van der Waals surface area contributed by atoms with E-state index >= 15 is 0 Å². The monoisotopic (exact) mass is 376 g/mol. The molecule has 1 fully saturated rings. The quantitative estimate of drug-likeness (QED) is 0.573. The Bertz CT molecular complexity index is 1150. The van der Waals surface area contributed by atoms with E-state index in [1.54, 1.807) is 14.2 Å². The van der Waals surface area contributed by atoms with Gasteiger partial charge in [-0.1, -0.05) is 6.07 Å². The van der Waals surface area contributed by atoms with E-state index in [0.717, 1.165) is 40.4 Å². The zero-order chi connectivity index (χ0) is 19.1. The lowest BCUT2D eigenvalue weighted by Crippen LogP contribution is -2.40. The minimum Gasteiger partial charge on any atom is -0.480 e. The maximum Gasteiger partial charge on any atom is 0.241 e. The molecule has 3 aromatic heterocycles. The summed E-state index contributed by atoms with van der Waals surface area (Å²) in [6.45, 7) is 0. The molecule has 5 rings (SSSR count). The molecule has 8 nitrogen and oxygen atoms in total. The van der Waals surface area contributed by atoms with Crippen LogP contribution in [0.2, 0.25) is 0 Å². The van der Waals surface area contributed by atoms with Crippen molar-refractivity contribution >= 4 is 22.4 Å². The first-order valence-electron chi connectivity index (χ1n) is 9.18. The van der Waals surface area contributed by atoms with Crippen molar-refractivity contribution in [3.63, 3.8) is 0 Å². The molecule has 1 N–H and O–H groups in total. The number of fused-ring (bicyclic) bond motifs is 2. The summed E-state index contributed by atoms with van der Waals surface area (Å²) in [6, 6.07) is 8.45. The van der Waals surface area contributed by atoms with Crippen LogP contribution >= 0.6 is 0 Å². The van der Waals surface area contributed by atoms with Crippen molar-refractivity contribution in [2.45, 2.75) is 25.0 Å². The van der Waals surface area contributed by atoms with Gasteiger partial charge in [0.2, 0.25) is 11.8 Å². The summed E-state index contributed by atoms with van der Waals surface area (Å²) in [5, 5.41) is 8.84. The topological polar surface area (TPSA) is 86.5 Å². The Kier molecular flexibility index (Phi) is 4.05. The molecule has 8 heteroatoms. The predicted molar refractivity (Wildman–Crippen MR) is 106 cm³/mol. The maximum absolute atomic E-state index is 5.37. The van der Waals surface area contributed by atoms with Gasteiger partial charge in [-0.25, -0.2) is 19.5 Å². The Morgan fingerprint density at radius 2 is 2.00 bits per heavy atom. The van der Waals surface area contributed by atoms with Gasteiger partial charge in [0.05, 0.1) is 35.8 Å². The zero-order valence-electron chi connectivity index (χ0n) is 15.7. The van der Waals surface area contributed by atoms with E-state index in [1.165, 1.54) is 6.33 Å². The summed E-state index contributed by atoms with van der Waals surface area (Å²) in [6.07, 6.45) is 7.60. The number of anilines is 1. The molecule has 4 aromatic rings. The van der Waals surface area contributed by atoms with Crippen LogP contribution in [0.15, 0.2) is 43.0 Å². The summed E-state index contributed by atoms with van der Waals surface area (Å²) < 4.78 is 12.5. The molecule has 3 heterocycles. The van der Waals surface area contributed by atoms with Gasteiger partial charge in [0, 0.05) is 24.9 Å². The highest BCUT2D eigenvalue weighted by Crippen LogP contribution is 2.31. The Labute approximate surface area is 161 Å². The molecule has 0 atom stereocenters. The van der Waals surface area contributed by atoms with E-state index in [0.29, 0.717) is 24.0 Å². The predicted octanol–water partition coefficient (Wildman–Crippen LogP) is 2.94. The van der Waals surface area contributed by atoms with Crippen LogP contribution in [0, 0.1) is 0 Å². The molecular formula is C20H20N6O2. The van der Waals surface area contributed by atoms with Crippen molar-refractivity contribution in [1.29, 1.82) is 0 Å². The van der Waals surface area contributed by atoms with Gasteiger partial charge < -0.3 is 14.8 Å².